The molecule has 0 aromatic heterocycles. The van der Waals surface area contributed by atoms with Gasteiger partial charge in [-0.25, -0.2) is 4.39 Å². The van der Waals surface area contributed by atoms with Crippen LogP contribution in [0.4, 0.5) is 4.39 Å². The van der Waals surface area contributed by atoms with E-state index >= 15 is 0 Å². The third-order valence-corrected chi connectivity index (χ3v) is 2.46. The summed E-state index contributed by atoms with van der Waals surface area (Å²) >= 11 is 0. The first-order chi connectivity index (χ1) is 9.49. The van der Waals surface area contributed by atoms with Crippen molar-refractivity contribution in [3.8, 4) is 11.8 Å². The Hall–Kier alpha value is -2.39. The van der Waals surface area contributed by atoms with Gasteiger partial charge in [-0.1, -0.05) is 11.8 Å². The fourth-order valence-electron chi connectivity index (χ4n) is 1.43. The zero-order valence-electron chi connectivity index (χ0n) is 11.1. The van der Waals surface area contributed by atoms with E-state index in [0.717, 1.165) is 11.0 Å². The maximum absolute atomic E-state index is 13.7. The van der Waals surface area contributed by atoms with Gasteiger partial charge in [-0.3, -0.25) is 9.59 Å². The molecule has 0 saturated carbocycles. The Balaban J connectivity index is 2.89. The monoisotopic (exact) mass is 279 g/mol. The Morgan fingerprint density at radius 3 is 2.70 bits per heavy atom. The molecule has 0 heterocycles. The number of rotatable bonds is 3. The normalized spacial score (nSPS) is 9.40. The van der Waals surface area contributed by atoms with E-state index in [2.05, 4.69) is 16.6 Å². The molecule has 1 amide bonds. The predicted molar refractivity (Wildman–Crippen MR) is 69.3 cm³/mol. The number of nitrogens with zero attached hydrogens (tertiary/aromatic N) is 1. The van der Waals surface area contributed by atoms with Crippen LogP contribution in [0.15, 0.2) is 18.2 Å². The second kappa shape index (κ2) is 7.26. The topological polar surface area (TPSA) is 66.8 Å². The van der Waals surface area contributed by atoms with Crippen LogP contribution in [0.5, 0.6) is 0 Å². The van der Waals surface area contributed by atoms with Crippen molar-refractivity contribution in [3.05, 3.63) is 35.1 Å². The van der Waals surface area contributed by atoms with Gasteiger partial charge in [0.2, 0.25) is 0 Å². The van der Waals surface area contributed by atoms with Crippen LogP contribution >= 0.6 is 0 Å². The summed E-state index contributed by atoms with van der Waals surface area (Å²) in [5.74, 6) is 3.01. The number of carbonyl (C=O) groups excluding carboxylic acids is 2. The van der Waals surface area contributed by atoms with Crippen molar-refractivity contribution in [2.75, 3.05) is 27.3 Å². The van der Waals surface area contributed by atoms with Crippen LogP contribution in [-0.2, 0) is 9.53 Å². The van der Waals surface area contributed by atoms with E-state index in [0.29, 0.717) is 0 Å². The molecule has 0 aliphatic carbocycles. The van der Waals surface area contributed by atoms with Gasteiger partial charge in [0.25, 0.3) is 5.91 Å². The van der Waals surface area contributed by atoms with Gasteiger partial charge in [0.05, 0.1) is 12.7 Å². The fourth-order valence-corrected chi connectivity index (χ4v) is 1.43. The van der Waals surface area contributed by atoms with Gasteiger partial charge in [0.15, 0.2) is 0 Å². The lowest BCUT2D eigenvalue weighted by Gasteiger charge is -2.15. The van der Waals surface area contributed by atoms with E-state index in [9.17, 15) is 14.0 Å². The highest BCUT2D eigenvalue weighted by atomic mass is 19.1. The standard InChI is InChI=1S/C14H14FNO4/c1-16(9-13(18)20-2)14(19)11-6-5-10(4-3-7-17)12(15)8-11/h5-6,8,17H,7,9H2,1-2H3. The quantitative estimate of drug-likeness (QED) is 0.643. The predicted octanol–water partition coefficient (Wildman–Crippen LogP) is 0.415. The molecule has 0 radical (unpaired) electrons. The minimum absolute atomic E-state index is 0.0891. The van der Waals surface area contributed by atoms with Gasteiger partial charge >= 0.3 is 5.97 Å². The second-order valence-electron chi connectivity index (χ2n) is 3.89. The van der Waals surface area contributed by atoms with Crippen LogP contribution < -0.4 is 0 Å². The lowest BCUT2D eigenvalue weighted by Crippen LogP contribution is -2.32. The smallest absolute Gasteiger partial charge is 0.325 e. The van der Waals surface area contributed by atoms with E-state index in [1.807, 2.05) is 0 Å². The van der Waals surface area contributed by atoms with Crippen LogP contribution in [0, 0.1) is 17.7 Å². The Bertz CT molecular complexity index is 574. The minimum Gasteiger partial charge on any atom is -0.468 e. The van der Waals surface area contributed by atoms with Gasteiger partial charge < -0.3 is 14.7 Å². The van der Waals surface area contributed by atoms with E-state index < -0.39 is 17.7 Å². The molecule has 1 aromatic carbocycles. The van der Waals surface area contributed by atoms with Gasteiger partial charge in [-0.15, -0.1) is 0 Å². The van der Waals surface area contributed by atoms with Crippen molar-refractivity contribution in [2.45, 2.75) is 0 Å². The number of aliphatic hydroxyl groups is 1. The molecule has 106 valence electrons. The largest absolute Gasteiger partial charge is 0.468 e. The zero-order chi connectivity index (χ0) is 15.1. The lowest BCUT2D eigenvalue weighted by atomic mass is 10.1. The number of amides is 1. The van der Waals surface area contributed by atoms with Crippen molar-refractivity contribution >= 4 is 11.9 Å². The third kappa shape index (κ3) is 4.07. The first-order valence-corrected chi connectivity index (χ1v) is 5.71. The molecule has 0 bridgehead atoms. The molecule has 1 N–H and O–H groups in total. The average Bonchev–Trinajstić information content (AvgIpc) is 2.44. The number of carbonyl (C=O) groups is 2. The number of aliphatic hydroxyl groups excluding tert-OH is 1. The highest BCUT2D eigenvalue weighted by molar-refractivity contribution is 5.95. The number of likely N-dealkylation sites (N-methyl/N-ethyl adjacent to an activating group) is 1. The summed E-state index contributed by atoms with van der Waals surface area (Å²) in [6, 6.07) is 3.79. The van der Waals surface area contributed by atoms with Crippen molar-refractivity contribution in [2.24, 2.45) is 0 Å². The SMILES string of the molecule is COC(=O)CN(C)C(=O)c1ccc(C#CCO)c(F)c1. The Morgan fingerprint density at radius 2 is 2.15 bits per heavy atom. The van der Waals surface area contributed by atoms with E-state index in [1.54, 1.807) is 0 Å². The first-order valence-electron chi connectivity index (χ1n) is 5.71. The fraction of sp³-hybridized carbons (Fsp3) is 0.286. The van der Waals surface area contributed by atoms with Crippen molar-refractivity contribution in [3.63, 3.8) is 0 Å². The van der Waals surface area contributed by atoms with E-state index in [-0.39, 0.29) is 24.3 Å². The molecule has 5 nitrogen and oxygen atoms in total. The van der Waals surface area contributed by atoms with Crippen molar-refractivity contribution < 1.29 is 23.8 Å². The molecule has 0 aliphatic heterocycles. The number of hydrogen-bond donors (Lipinski definition) is 1. The van der Waals surface area contributed by atoms with Crippen LogP contribution in [-0.4, -0.2) is 49.2 Å². The summed E-state index contributed by atoms with van der Waals surface area (Å²) in [7, 11) is 2.63. The van der Waals surface area contributed by atoms with Crippen LogP contribution in [0.2, 0.25) is 0 Å². The summed E-state index contributed by atoms with van der Waals surface area (Å²) in [6.45, 7) is -0.592. The van der Waals surface area contributed by atoms with Crippen molar-refractivity contribution in [1.29, 1.82) is 0 Å². The summed E-state index contributed by atoms with van der Waals surface area (Å²) in [6.07, 6.45) is 0. The molecule has 6 heteroatoms. The second-order valence-corrected chi connectivity index (χ2v) is 3.89. The molecule has 20 heavy (non-hydrogen) atoms. The molecule has 1 aromatic rings. The van der Waals surface area contributed by atoms with Crippen LogP contribution in [0.25, 0.3) is 0 Å². The van der Waals surface area contributed by atoms with Crippen LogP contribution in [0.1, 0.15) is 15.9 Å². The average molecular weight is 279 g/mol. The summed E-state index contributed by atoms with van der Waals surface area (Å²) in [5.41, 5.74) is 0.190. The summed E-state index contributed by atoms with van der Waals surface area (Å²) in [4.78, 5) is 24.1. The number of esters is 1. The Morgan fingerprint density at radius 1 is 1.45 bits per heavy atom. The summed E-state index contributed by atoms with van der Waals surface area (Å²) < 4.78 is 18.1. The molecule has 0 fully saturated rings. The third-order valence-electron chi connectivity index (χ3n) is 2.46. The Labute approximate surface area is 116 Å². The number of halogens is 1. The minimum atomic E-state index is -0.664. The number of benzene rings is 1. The van der Waals surface area contributed by atoms with E-state index in [4.69, 9.17) is 5.11 Å². The molecule has 0 unspecified atom stereocenters. The molecule has 0 atom stereocenters. The first kappa shape index (κ1) is 15.7. The zero-order valence-corrected chi connectivity index (χ0v) is 11.1. The van der Waals surface area contributed by atoms with Crippen molar-refractivity contribution in [1.82, 2.24) is 4.90 Å². The molecule has 1 rings (SSSR count). The van der Waals surface area contributed by atoms with Gasteiger partial charge in [-0.05, 0) is 18.2 Å². The highest BCUT2D eigenvalue weighted by Crippen LogP contribution is 2.11. The van der Waals surface area contributed by atoms with E-state index in [1.165, 1.54) is 26.3 Å². The number of methoxy groups -OCH3 is 1. The number of ether oxygens (including phenoxy) is 1. The lowest BCUT2D eigenvalue weighted by molar-refractivity contribution is -0.141. The Kier molecular flexibility index (Phi) is 5.69. The molecule has 0 spiro atoms. The maximum Gasteiger partial charge on any atom is 0.325 e. The summed E-state index contributed by atoms with van der Waals surface area (Å²) in [5, 5.41) is 8.54. The molecular weight excluding hydrogens is 265 g/mol. The molecule has 0 saturated heterocycles. The highest BCUT2D eigenvalue weighted by Gasteiger charge is 2.16. The van der Waals surface area contributed by atoms with Crippen LogP contribution in [0.3, 0.4) is 0 Å². The maximum atomic E-state index is 13.7. The molecule has 0 aliphatic rings. The molecular formula is C14H14FNO4. The van der Waals surface area contributed by atoms with Gasteiger partial charge in [0.1, 0.15) is 19.0 Å². The van der Waals surface area contributed by atoms with Gasteiger partial charge in [0, 0.05) is 12.6 Å². The van der Waals surface area contributed by atoms with Gasteiger partial charge in [-0.2, -0.15) is 0 Å². The number of hydrogen-bond acceptors (Lipinski definition) is 4.